The van der Waals surface area contributed by atoms with E-state index >= 15 is 0 Å². The molecule has 0 unspecified atom stereocenters. The number of aryl methyl sites for hydroxylation is 2. The minimum Gasteiger partial charge on any atom is -0.282 e. The summed E-state index contributed by atoms with van der Waals surface area (Å²) in [6.07, 6.45) is 2.00. The second kappa shape index (κ2) is 6.77. The number of pyridine rings is 1. The molecule has 0 saturated heterocycles. The van der Waals surface area contributed by atoms with Gasteiger partial charge in [-0.25, -0.2) is 8.42 Å². The molecule has 7 heteroatoms. The standard InChI is InChI=1S/C14H14BrClN2O2S/c1-10-8-12(15)14(9-13(10)16)18-21(19,20)7-5-11-4-2-3-6-17-11/h2-4,6,8-9,18H,5,7H2,1H3. The third-order valence-electron chi connectivity index (χ3n) is 2.87. The monoisotopic (exact) mass is 388 g/mol. The lowest BCUT2D eigenvalue weighted by Gasteiger charge is -2.11. The van der Waals surface area contributed by atoms with E-state index in [0.29, 0.717) is 21.6 Å². The maximum absolute atomic E-state index is 12.1. The average molecular weight is 390 g/mol. The predicted molar refractivity (Wildman–Crippen MR) is 89.2 cm³/mol. The Morgan fingerprint density at radius 2 is 2.10 bits per heavy atom. The average Bonchev–Trinajstić information content (AvgIpc) is 2.44. The minimum atomic E-state index is -3.46. The number of sulfonamides is 1. The molecule has 0 atom stereocenters. The van der Waals surface area contributed by atoms with Crippen LogP contribution in [0.5, 0.6) is 0 Å². The molecule has 0 saturated carbocycles. The van der Waals surface area contributed by atoms with Crippen molar-refractivity contribution in [1.29, 1.82) is 0 Å². The summed E-state index contributed by atoms with van der Waals surface area (Å²) in [6.45, 7) is 1.85. The third kappa shape index (κ3) is 4.69. The second-order valence-electron chi connectivity index (χ2n) is 4.57. The van der Waals surface area contributed by atoms with Gasteiger partial charge in [-0.05, 0) is 52.7 Å². The van der Waals surface area contributed by atoms with E-state index in [1.165, 1.54) is 0 Å². The molecule has 4 nitrogen and oxygen atoms in total. The van der Waals surface area contributed by atoms with Gasteiger partial charge in [0.25, 0.3) is 0 Å². The third-order valence-corrected chi connectivity index (χ3v) is 5.20. The molecule has 1 N–H and O–H groups in total. The van der Waals surface area contributed by atoms with E-state index in [-0.39, 0.29) is 5.75 Å². The van der Waals surface area contributed by atoms with Crippen molar-refractivity contribution in [2.24, 2.45) is 0 Å². The molecule has 1 aromatic heterocycles. The first-order valence-corrected chi connectivity index (χ1v) is 9.06. The van der Waals surface area contributed by atoms with Crippen LogP contribution in [0.4, 0.5) is 5.69 Å². The van der Waals surface area contributed by atoms with Crippen LogP contribution in [0, 0.1) is 6.92 Å². The highest BCUT2D eigenvalue weighted by Gasteiger charge is 2.14. The van der Waals surface area contributed by atoms with E-state index < -0.39 is 10.0 Å². The molecule has 0 radical (unpaired) electrons. The van der Waals surface area contributed by atoms with Crippen molar-refractivity contribution in [3.05, 3.63) is 57.3 Å². The fourth-order valence-corrected chi connectivity index (χ4v) is 3.66. The molecule has 0 aliphatic rings. The summed E-state index contributed by atoms with van der Waals surface area (Å²) < 4.78 is 27.4. The Kier molecular flexibility index (Phi) is 5.24. The van der Waals surface area contributed by atoms with Crippen LogP contribution >= 0.6 is 27.5 Å². The lowest BCUT2D eigenvalue weighted by atomic mass is 10.2. The van der Waals surface area contributed by atoms with Crippen LogP contribution in [0.3, 0.4) is 0 Å². The number of rotatable bonds is 5. The molecule has 0 aliphatic carbocycles. The zero-order valence-corrected chi connectivity index (χ0v) is 14.5. The Bertz CT molecular complexity index is 736. The van der Waals surface area contributed by atoms with Gasteiger partial charge in [0.2, 0.25) is 10.0 Å². The van der Waals surface area contributed by atoms with Gasteiger partial charge < -0.3 is 0 Å². The number of nitrogens with one attached hydrogen (secondary N) is 1. The van der Waals surface area contributed by atoms with Gasteiger partial charge in [0.15, 0.2) is 0 Å². The van der Waals surface area contributed by atoms with Crippen molar-refractivity contribution in [2.45, 2.75) is 13.3 Å². The molecule has 0 fully saturated rings. The normalized spacial score (nSPS) is 11.4. The number of anilines is 1. The summed E-state index contributed by atoms with van der Waals surface area (Å²) in [5, 5.41) is 0.514. The van der Waals surface area contributed by atoms with Gasteiger partial charge >= 0.3 is 0 Å². The van der Waals surface area contributed by atoms with Crippen LogP contribution < -0.4 is 4.72 Å². The van der Waals surface area contributed by atoms with Gasteiger partial charge in [-0.2, -0.15) is 0 Å². The minimum absolute atomic E-state index is 0.0397. The van der Waals surface area contributed by atoms with Crippen LogP contribution in [0.2, 0.25) is 5.02 Å². The fourth-order valence-electron chi connectivity index (χ4n) is 1.73. The van der Waals surface area contributed by atoms with Crippen LogP contribution in [0.25, 0.3) is 0 Å². The van der Waals surface area contributed by atoms with E-state index in [0.717, 1.165) is 11.3 Å². The number of aromatic nitrogens is 1. The lowest BCUT2D eigenvalue weighted by Crippen LogP contribution is -2.18. The van der Waals surface area contributed by atoms with E-state index in [9.17, 15) is 8.42 Å². The first kappa shape index (κ1) is 16.3. The van der Waals surface area contributed by atoms with Crippen molar-refractivity contribution in [2.75, 3.05) is 10.5 Å². The van der Waals surface area contributed by atoms with Crippen LogP contribution in [0.1, 0.15) is 11.3 Å². The maximum Gasteiger partial charge on any atom is 0.233 e. The molecule has 2 aromatic rings. The number of benzene rings is 1. The smallest absolute Gasteiger partial charge is 0.233 e. The van der Waals surface area contributed by atoms with Gasteiger partial charge in [0.05, 0.1) is 11.4 Å². The summed E-state index contributed by atoms with van der Waals surface area (Å²) in [6, 6.07) is 8.80. The predicted octanol–water partition coefficient (Wildman–Crippen LogP) is 3.79. The summed E-state index contributed by atoms with van der Waals surface area (Å²) in [5.74, 6) is -0.0397. The van der Waals surface area contributed by atoms with Crippen molar-refractivity contribution in [3.8, 4) is 0 Å². The number of nitrogens with zero attached hydrogens (tertiary/aromatic N) is 1. The zero-order chi connectivity index (χ0) is 15.5. The molecular formula is C14H14BrClN2O2S. The van der Waals surface area contributed by atoms with Crippen molar-refractivity contribution < 1.29 is 8.42 Å². The molecule has 0 bridgehead atoms. The van der Waals surface area contributed by atoms with Gasteiger partial charge in [-0.3, -0.25) is 9.71 Å². The Balaban J connectivity index is 2.09. The Morgan fingerprint density at radius 3 is 2.76 bits per heavy atom. The van der Waals surface area contributed by atoms with Crippen LogP contribution in [-0.4, -0.2) is 19.2 Å². The highest BCUT2D eigenvalue weighted by atomic mass is 79.9. The molecular weight excluding hydrogens is 376 g/mol. The van der Waals surface area contributed by atoms with Crippen molar-refractivity contribution in [1.82, 2.24) is 4.98 Å². The number of halogens is 2. The Labute approximate surface area is 137 Å². The topological polar surface area (TPSA) is 59.1 Å². The molecule has 21 heavy (non-hydrogen) atoms. The number of hydrogen-bond donors (Lipinski definition) is 1. The summed E-state index contributed by atoms with van der Waals surface area (Å²) >= 11 is 9.35. The quantitative estimate of drug-likeness (QED) is 0.846. The van der Waals surface area contributed by atoms with Gasteiger partial charge in [0.1, 0.15) is 0 Å². The van der Waals surface area contributed by atoms with Gasteiger partial charge in [0, 0.05) is 27.8 Å². The summed E-state index contributed by atoms with van der Waals surface area (Å²) in [4.78, 5) is 4.11. The number of hydrogen-bond acceptors (Lipinski definition) is 3. The van der Waals surface area contributed by atoms with Crippen LogP contribution in [-0.2, 0) is 16.4 Å². The first-order chi connectivity index (χ1) is 9.87. The summed E-state index contributed by atoms with van der Waals surface area (Å²) in [5.41, 5.74) is 2.05. The molecule has 0 aliphatic heterocycles. The van der Waals surface area contributed by atoms with E-state index in [2.05, 4.69) is 25.6 Å². The molecule has 2 rings (SSSR count). The molecule has 0 amide bonds. The highest BCUT2D eigenvalue weighted by Crippen LogP contribution is 2.29. The molecule has 0 spiro atoms. The van der Waals surface area contributed by atoms with Crippen molar-refractivity contribution >= 4 is 43.2 Å². The van der Waals surface area contributed by atoms with Crippen molar-refractivity contribution in [3.63, 3.8) is 0 Å². The van der Waals surface area contributed by atoms with Gasteiger partial charge in [-0.1, -0.05) is 17.7 Å². The van der Waals surface area contributed by atoms with E-state index in [1.807, 2.05) is 13.0 Å². The Hall–Kier alpha value is -1.11. The SMILES string of the molecule is Cc1cc(Br)c(NS(=O)(=O)CCc2ccccn2)cc1Cl. The molecule has 1 aromatic carbocycles. The molecule has 1 heterocycles. The zero-order valence-electron chi connectivity index (χ0n) is 11.3. The maximum atomic E-state index is 12.1. The van der Waals surface area contributed by atoms with Crippen LogP contribution in [0.15, 0.2) is 41.0 Å². The fraction of sp³-hybridized carbons (Fsp3) is 0.214. The summed E-state index contributed by atoms with van der Waals surface area (Å²) in [7, 11) is -3.46. The largest absolute Gasteiger partial charge is 0.282 e. The second-order valence-corrected chi connectivity index (χ2v) is 7.68. The molecule has 112 valence electrons. The van der Waals surface area contributed by atoms with Gasteiger partial charge in [-0.15, -0.1) is 0 Å². The first-order valence-electron chi connectivity index (χ1n) is 6.23. The van der Waals surface area contributed by atoms with E-state index in [1.54, 1.807) is 30.5 Å². The lowest BCUT2D eigenvalue weighted by molar-refractivity contribution is 0.600. The van der Waals surface area contributed by atoms with E-state index in [4.69, 9.17) is 11.6 Å². The highest BCUT2D eigenvalue weighted by molar-refractivity contribution is 9.10. The Morgan fingerprint density at radius 1 is 1.33 bits per heavy atom.